The molecule has 0 unspecified atom stereocenters. The van der Waals surface area contributed by atoms with E-state index < -0.39 is 0 Å². The molecular weight excluding hydrogens is 232 g/mol. The van der Waals surface area contributed by atoms with Gasteiger partial charge in [-0.1, -0.05) is 30.3 Å². The molecule has 2 rings (SSSR count). The minimum atomic E-state index is 0.300. The molecular formula is C13H14N2O3. The summed E-state index contributed by atoms with van der Waals surface area (Å²) in [6.45, 7) is 0. The lowest BCUT2D eigenvalue weighted by molar-refractivity contribution is 0.318. The molecule has 0 N–H and O–H groups in total. The third kappa shape index (κ3) is 2.20. The molecule has 1 heterocycles. The molecule has 0 amide bonds. The summed E-state index contributed by atoms with van der Waals surface area (Å²) in [5.74, 6) is 1.03. The van der Waals surface area contributed by atoms with Crippen molar-refractivity contribution >= 4 is 0 Å². The summed E-state index contributed by atoms with van der Waals surface area (Å²) < 4.78 is 15.5. The minimum absolute atomic E-state index is 0.300. The third-order valence-corrected chi connectivity index (χ3v) is 2.43. The van der Waals surface area contributed by atoms with Crippen molar-refractivity contribution in [2.45, 2.75) is 0 Å². The first-order chi connectivity index (χ1) is 8.80. The zero-order valence-electron chi connectivity index (χ0n) is 10.5. The lowest BCUT2D eigenvalue weighted by Gasteiger charge is -2.11. The Balaban J connectivity index is 2.59. The van der Waals surface area contributed by atoms with Gasteiger partial charge in [0.15, 0.2) is 0 Å². The predicted molar refractivity (Wildman–Crippen MR) is 67.1 cm³/mol. The number of rotatable bonds is 4. The molecule has 0 saturated heterocycles. The maximum absolute atomic E-state index is 5.23. The van der Waals surface area contributed by atoms with E-state index in [1.54, 1.807) is 7.11 Å². The standard InChI is InChI=1S/C13H14N2O3/c1-16-11-10(9-7-5-4-6-8-9)14-12(17-2)13(15-11)18-3/h4-8H,1-3H3. The van der Waals surface area contributed by atoms with Gasteiger partial charge in [0.05, 0.1) is 21.3 Å². The fourth-order valence-corrected chi connectivity index (χ4v) is 1.58. The van der Waals surface area contributed by atoms with E-state index in [2.05, 4.69) is 9.97 Å². The molecule has 0 aliphatic carbocycles. The van der Waals surface area contributed by atoms with E-state index in [9.17, 15) is 0 Å². The van der Waals surface area contributed by atoms with Gasteiger partial charge >= 0.3 is 0 Å². The monoisotopic (exact) mass is 246 g/mol. The summed E-state index contributed by atoms with van der Waals surface area (Å²) in [7, 11) is 4.57. The van der Waals surface area contributed by atoms with Gasteiger partial charge in [0, 0.05) is 5.56 Å². The molecule has 18 heavy (non-hydrogen) atoms. The molecule has 0 aliphatic heterocycles. The van der Waals surface area contributed by atoms with Crippen LogP contribution < -0.4 is 14.2 Å². The summed E-state index contributed by atoms with van der Waals surface area (Å²) in [5, 5.41) is 0. The zero-order valence-corrected chi connectivity index (χ0v) is 10.5. The average Bonchev–Trinajstić information content (AvgIpc) is 2.46. The second-order valence-corrected chi connectivity index (χ2v) is 3.47. The van der Waals surface area contributed by atoms with Crippen LogP contribution in [0.25, 0.3) is 11.3 Å². The van der Waals surface area contributed by atoms with E-state index >= 15 is 0 Å². The molecule has 2 aromatic rings. The van der Waals surface area contributed by atoms with E-state index in [1.807, 2.05) is 30.3 Å². The lowest BCUT2D eigenvalue weighted by atomic mass is 10.1. The van der Waals surface area contributed by atoms with Crippen LogP contribution >= 0.6 is 0 Å². The molecule has 0 atom stereocenters. The van der Waals surface area contributed by atoms with Crippen molar-refractivity contribution in [2.24, 2.45) is 0 Å². The summed E-state index contributed by atoms with van der Waals surface area (Å²) in [6.07, 6.45) is 0. The van der Waals surface area contributed by atoms with Crippen LogP contribution in [-0.4, -0.2) is 31.3 Å². The molecule has 0 saturated carbocycles. The molecule has 0 spiro atoms. The predicted octanol–water partition coefficient (Wildman–Crippen LogP) is 2.17. The van der Waals surface area contributed by atoms with Gasteiger partial charge < -0.3 is 14.2 Å². The second-order valence-electron chi connectivity index (χ2n) is 3.47. The molecule has 0 aliphatic rings. The van der Waals surface area contributed by atoms with Gasteiger partial charge in [-0.3, -0.25) is 0 Å². The smallest absolute Gasteiger partial charge is 0.281 e. The minimum Gasteiger partial charge on any atom is -0.479 e. The fourth-order valence-electron chi connectivity index (χ4n) is 1.58. The van der Waals surface area contributed by atoms with E-state index in [4.69, 9.17) is 14.2 Å². The SMILES string of the molecule is COc1nc(OC)c(-c2ccccc2)nc1OC. The van der Waals surface area contributed by atoms with Gasteiger partial charge in [-0.05, 0) is 0 Å². The Bertz CT molecular complexity index is 529. The van der Waals surface area contributed by atoms with Crippen molar-refractivity contribution in [3.8, 4) is 28.9 Å². The Kier molecular flexibility index (Phi) is 3.62. The quantitative estimate of drug-likeness (QED) is 0.827. The maximum atomic E-state index is 5.23. The van der Waals surface area contributed by atoms with Gasteiger partial charge in [-0.25, -0.2) is 4.98 Å². The van der Waals surface area contributed by atoms with Crippen molar-refractivity contribution < 1.29 is 14.2 Å². The van der Waals surface area contributed by atoms with Gasteiger partial charge in [-0.15, -0.1) is 0 Å². The van der Waals surface area contributed by atoms with Gasteiger partial charge in [-0.2, -0.15) is 4.98 Å². The Morgan fingerprint density at radius 3 is 1.83 bits per heavy atom. The highest BCUT2D eigenvalue weighted by Crippen LogP contribution is 2.33. The van der Waals surface area contributed by atoms with Crippen LogP contribution in [0.4, 0.5) is 0 Å². The highest BCUT2D eigenvalue weighted by atomic mass is 16.5. The maximum Gasteiger partial charge on any atom is 0.281 e. The van der Waals surface area contributed by atoms with Crippen LogP contribution in [0.2, 0.25) is 0 Å². The molecule has 5 heteroatoms. The molecule has 1 aromatic heterocycles. The topological polar surface area (TPSA) is 53.5 Å². The number of hydrogen-bond acceptors (Lipinski definition) is 5. The van der Waals surface area contributed by atoms with Crippen molar-refractivity contribution in [3.05, 3.63) is 30.3 Å². The summed E-state index contributed by atoms with van der Waals surface area (Å²) >= 11 is 0. The fraction of sp³-hybridized carbons (Fsp3) is 0.231. The average molecular weight is 246 g/mol. The Hall–Kier alpha value is -2.30. The van der Waals surface area contributed by atoms with Crippen LogP contribution in [0.1, 0.15) is 0 Å². The highest BCUT2D eigenvalue weighted by molar-refractivity contribution is 5.65. The lowest BCUT2D eigenvalue weighted by Crippen LogP contribution is -2.01. The van der Waals surface area contributed by atoms with Crippen molar-refractivity contribution in [1.82, 2.24) is 9.97 Å². The van der Waals surface area contributed by atoms with E-state index in [1.165, 1.54) is 14.2 Å². The van der Waals surface area contributed by atoms with Gasteiger partial charge in [0.2, 0.25) is 5.88 Å². The Labute approximate surface area is 105 Å². The van der Waals surface area contributed by atoms with E-state index in [-0.39, 0.29) is 0 Å². The summed E-state index contributed by atoms with van der Waals surface area (Å²) in [6, 6.07) is 9.64. The van der Waals surface area contributed by atoms with Crippen molar-refractivity contribution in [3.63, 3.8) is 0 Å². The number of hydrogen-bond donors (Lipinski definition) is 0. The molecule has 5 nitrogen and oxygen atoms in total. The third-order valence-electron chi connectivity index (χ3n) is 2.43. The normalized spacial score (nSPS) is 9.94. The number of benzene rings is 1. The molecule has 0 radical (unpaired) electrons. The molecule has 1 aromatic carbocycles. The number of ether oxygens (including phenoxy) is 3. The van der Waals surface area contributed by atoms with E-state index in [0.717, 1.165) is 5.56 Å². The van der Waals surface area contributed by atoms with Crippen LogP contribution in [0.5, 0.6) is 17.6 Å². The van der Waals surface area contributed by atoms with E-state index in [0.29, 0.717) is 23.3 Å². The highest BCUT2D eigenvalue weighted by Gasteiger charge is 2.16. The van der Waals surface area contributed by atoms with Crippen LogP contribution in [0.3, 0.4) is 0 Å². The molecule has 94 valence electrons. The van der Waals surface area contributed by atoms with Gasteiger partial charge in [0.25, 0.3) is 11.8 Å². The molecule has 0 bridgehead atoms. The first kappa shape index (κ1) is 12.2. The van der Waals surface area contributed by atoms with Crippen LogP contribution in [-0.2, 0) is 0 Å². The summed E-state index contributed by atoms with van der Waals surface area (Å²) in [5.41, 5.74) is 1.53. The first-order valence-corrected chi connectivity index (χ1v) is 5.39. The zero-order chi connectivity index (χ0) is 13.0. The Morgan fingerprint density at radius 2 is 1.28 bits per heavy atom. The largest absolute Gasteiger partial charge is 0.479 e. The van der Waals surface area contributed by atoms with Crippen LogP contribution in [0.15, 0.2) is 30.3 Å². The first-order valence-electron chi connectivity index (χ1n) is 5.39. The van der Waals surface area contributed by atoms with Crippen molar-refractivity contribution in [2.75, 3.05) is 21.3 Å². The number of methoxy groups -OCH3 is 3. The van der Waals surface area contributed by atoms with Gasteiger partial charge in [0.1, 0.15) is 5.69 Å². The van der Waals surface area contributed by atoms with Crippen LogP contribution in [0, 0.1) is 0 Å². The Morgan fingerprint density at radius 1 is 0.722 bits per heavy atom. The van der Waals surface area contributed by atoms with Crippen molar-refractivity contribution in [1.29, 1.82) is 0 Å². The molecule has 0 fully saturated rings. The number of aromatic nitrogens is 2. The summed E-state index contributed by atoms with van der Waals surface area (Å²) in [4.78, 5) is 8.59. The second kappa shape index (κ2) is 5.35. The number of nitrogens with zero attached hydrogens (tertiary/aromatic N) is 2.